The molecule has 1 aliphatic rings. The zero-order valence-electron chi connectivity index (χ0n) is 17.5. The Morgan fingerprint density at radius 1 is 1.18 bits per heavy atom. The van der Waals surface area contributed by atoms with Crippen molar-refractivity contribution in [3.63, 3.8) is 0 Å². The lowest BCUT2D eigenvalue weighted by molar-refractivity contribution is -0.385. The minimum absolute atomic E-state index is 0.0128. The zero-order chi connectivity index (χ0) is 23.4. The zero-order valence-corrected chi connectivity index (χ0v) is 18.3. The normalized spacial score (nSPS) is 14.1. The summed E-state index contributed by atoms with van der Waals surface area (Å²) in [6.45, 7) is 2.06. The van der Waals surface area contributed by atoms with Crippen LogP contribution in [0.15, 0.2) is 64.9 Å². The first-order valence-electron chi connectivity index (χ1n) is 10.2. The second kappa shape index (κ2) is 9.38. The van der Waals surface area contributed by atoms with Crippen molar-refractivity contribution in [2.75, 3.05) is 31.5 Å². The fourth-order valence-corrected chi connectivity index (χ4v) is 4.91. The van der Waals surface area contributed by atoms with E-state index in [1.807, 2.05) is 30.3 Å². The van der Waals surface area contributed by atoms with Crippen LogP contribution in [-0.2, 0) is 16.4 Å². The van der Waals surface area contributed by atoms with E-state index in [1.165, 1.54) is 17.3 Å². The molecule has 172 valence electrons. The lowest BCUT2D eigenvalue weighted by Crippen LogP contribution is -2.46. The molecule has 2 aromatic carbocycles. The van der Waals surface area contributed by atoms with E-state index >= 15 is 0 Å². The molecular weight excluding hydrogens is 448 g/mol. The average Bonchev–Trinajstić information content (AvgIpc) is 3.39. The van der Waals surface area contributed by atoms with Crippen LogP contribution in [0.25, 0.3) is 0 Å². The van der Waals surface area contributed by atoms with Gasteiger partial charge in [0.2, 0.25) is 15.0 Å². The molecule has 1 amide bonds. The first kappa shape index (κ1) is 22.4. The molecule has 0 atom stereocenters. The quantitative estimate of drug-likeness (QED) is 0.349. The predicted octanol–water partition coefficient (Wildman–Crippen LogP) is 1.81. The largest absolute Gasteiger partial charge is 0.380 e. The number of carbonyl (C=O) groups is 1. The Morgan fingerprint density at radius 3 is 2.55 bits per heavy atom. The molecule has 0 aliphatic carbocycles. The Labute approximate surface area is 189 Å². The van der Waals surface area contributed by atoms with E-state index in [9.17, 15) is 23.3 Å². The summed E-state index contributed by atoms with van der Waals surface area (Å²) in [4.78, 5) is 31.9. The molecule has 1 fully saturated rings. The van der Waals surface area contributed by atoms with Gasteiger partial charge in [0, 0.05) is 51.2 Å². The summed E-state index contributed by atoms with van der Waals surface area (Å²) in [6, 6.07) is 11.4. The fourth-order valence-electron chi connectivity index (χ4n) is 3.58. The minimum Gasteiger partial charge on any atom is -0.380 e. The Hall–Kier alpha value is -3.77. The van der Waals surface area contributed by atoms with Crippen molar-refractivity contribution in [3.05, 3.63) is 76.1 Å². The molecular formula is C21H22N6O5S. The maximum absolute atomic E-state index is 13.3. The van der Waals surface area contributed by atoms with Crippen LogP contribution in [0.3, 0.4) is 0 Å². The molecule has 0 unspecified atom stereocenters. The van der Waals surface area contributed by atoms with Gasteiger partial charge in [0.1, 0.15) is 5.56 Å². The number of aromatic nitrogens is 2. The third kappa shape index (κ3) is 4.71. The lowest BCUT2D eigenvalue weighted by atomic mass is 10.1. The van der Waals surface area contributed by atoms with Crippen LogP contribution < -0.4 is 10.6 Å². The Balaban J connectivity index is 1.83. The third-order valence-corrected chi connectivity index (χ3v) is 6.92. The molecule has 4 rings (SSSR count). The molecule has 0 radical (unpaired) electrons. The maximum atomic E-state index is 13.3. The number of nitrogens with zero attached hydrogens (tertiary/aromatic N) is 3. The number of nitro groups is 1. The van der Waals surface area contributed by atoms with Crippen LogP contribution in [0.1, 0.15) is 15.9 Å². The molecule has 1 aliphatic heterocycles. The third-order valence-electron chi connectivity index (χ3n) is 5.27. The Bertz CT molecular complexity index is 1260. The molecule has 0 spiro atoms. The standard InChI is InChI=1S/C21H22N6O5S/c28-20(26-10-8-22-9-11-26)16-12-19(33(31,32)21-23-6-7-24-21)17(13-18(16)27(29)30)25-14-15-4-2-1-3-5-15/h1-7,12-13,22,25H,8-11,14H2,(H,23,24). The van der Waals surface area contributed by atoms with Crippen molar-refractivity contribution in [2.45, 2.75) is 16.6 Å². The van der Waals surface area contributed by atoms with Crippen LogP contribution in [0.4, 0.5) is 11.4 Å². The average molecular weight is 471 g/mol. The second-order valence-electron chi connectivity index (χ2n) is 7.40. The number of nitro benzene ring substituents is 1. The molecule has 0 saturated carbocycles. The number of H-pyrrole nitrogens is 1. The number of anilines is 1. The summed E-state index contributed by atoms with van der Waals surface area (Å²) in [7, 11) is -4.19. The Kier molecular flexibility index (Phi) is 6.38. The molecule has 3 N–H and O–H groups in total. The number of benzene rings is 2. The molecule has 0 bridgehead atoms. The van der Waals surface area contributed by atoms with Gasteiger partial charge in [-0.2, -0.15) is 0 Å². The van der Waals surface area contributed by atoms with Gasteiger partial charge in [0.05, 0.1) is 15.5 Å². The number of hydrogen-bond acceptors (Lipinski definition) is 8. The fraction of sp³-hybridized carbons (Fsp3) is 0.238. The highest BCUT2D eigenvalue weighted by molar-refractivity contribution is 7.91. The molecule has 1 saturated heterocycles. The SMILES string of the molecule is O=C(c1cc(S(=O)(=O)c2ncc[nH]2)c(NCc2ccccc2)cc1[N+](=O)[O-])N1CCNCC1. The molecule has 1 aromatic heterocycles. The van der Waals surface area contributed by atoms with Crippen molar-refractivity contribution in [1.29, 1.82) is 0 Å². The van der Waals surface area contributed by atoms with E-state index in [4.69, 9.17) is 0 Å². The second-order valence-corrected chi connectivity index (χ2v) is 9.24. The number of carbonyl (C=O) groups excluding carboxylic acids is 1. The lowest BCUT2D eigenvalue weighted by Gasteiger charge is -2.27. The van der Waals surface area contributed by atoms with Crippen molar-refractivity contribution in [3.8, 4) is 0 Å². The summed E-state index contributed by atoms with van der Waals surface area (Å²) in [5.41, 5.74) is 0.117. The summed E-state index contributed by atoms with van der Waals surface area (Å²) < 4.78 is 26.6. The van der Waals surface area contributed by atoms with Crippen LogP contribution >= 0.6 is 0 Å². The van der Waals surface area contributed by atoms with E-state index in [2.05, 4.69) is 20.6 Å². The van der Waals surface area contributed by atoms with Gasteiger partial charge in [0.15, 0.2) is 0 Å². The Morgan fingerprint density at radius 2 is 1.91 bits per heavy atom. The molecule has 3 aromatic rings. The van der Waals surface area contributed by atoms with Crippen LogP contribution in [0, 0.1) is 10.1 Å². The summed E-state index contributed by atoms with van der Waals surface area (Å²) in [6.07, 6.45) is 2.66. The van der Waals surface area contributed by atoms with Gasteiger partial charge >= 0.3 is 0 Å². The highest BCUT2D eigenvalue weighted by atomic mass is 32.2. The molecule has 2 heterocycles. The van der Waals surface area contributed by atoms with Gasteiger partial charge in [-0.25, -0.2) is 13.4 Å². The monoisotopic (exact) mass is 470 g/mol. The van der Waals surface area contributed by atoms with Crippen molar-refractivity contribution in [1.82, 2.24) is 20.2 Å². The number of piperazine rings is 1. The number of hydrogen-bond donors (Lipinski definition) is 3. The highest BCUT2D eigenvalue weighted by Crippen LogP contribution is 2.34. The number of rotatable bonds is 7. The van der Waals surface area contributed by atoms with Gasteiger partial charge in [-0.1, -0.05) is 30.3 Å². The number of amides is 1. The van der Waals surface area contributed by atoms with Crippen LogP contribution in [0.5, 0.6) is 0 Å². The van der Waals surface area contributed by atoms with Gasteiger partial charge in [-0.05, 0) is 11.6 Å². The minimum atomic E-state index is -4.19. The maximum Gasteiger partial charge on any atom is 0.284 e. The predicted molar refractivity (Wildman–Crippen MR) is 120 cm³/mol. The smallest absolute Gasteiger partial charge is 0.284 e. The van der Waals surface area contributed by atoms with Crippen LogP contribution in [0.2, 0.25) is 0 Å². The molecule has 12 heteroatoms. The van der Waals surface area contributed by atoms with Crippen LogP contribution in [-0.4, -0.2) is 60.3 Å². The first-order chi connectivity index (χ1) is 15.9. The number of nitrogens with one attached hydrogen (secondary N) is 3. The number of imidazole rings is 1. The van der Waals surface area contributed by atoms with Gasteiger partial charge in [0.25, 0.3) is 11.6 Å². The van der Waals surface area contributed by atoms with E-state index in [0.717, 1.165) is 17.7 Å². The summed E-state index contributed by atoms with van der Waals surface area (Å²) in [5, 5.41) is 17.6. The molecule has 33 heavy (non-hydrogen) atoms. The van der Waals surface area contributed by atoms with E-state index in [1.54, 1.807) is 0 Å². The summed E-state index contributed by atoms with van der Waals surface area (Å²) >= 11 is 0. The topological polar surface area (TPSA) is 150 Å². The van der Waals surface area contributed by atoms with Gasteiger partial charge in [-0.3, -0.25) is 14.9 Å². The van der Waals surface area contributed by atoms with Crippen molar-refractivity contribution >= 4 is 27.1 Å². The van der Waals surface area contributed by atoms with E-state index in [0.29, 0.717) is 26.2 Å². The number of sulfone groups is 1. The highest BCUT2D eigenvalue weighted by Gasteiger charge is 2.32. The van der Waals surface area contributed by atoms with Gasteiger partial charge in [-0.15, -0.1) is 0 Å². The van der Waals surface area contributed by atoms with Crippen molar-refractivity contribution < 1.29 is 18.1 Å². The summed E-state index contributed by atoms with van der Waals surface area (Å²) in [5.74, 6) is -0.589. The van der Waals surface area contributed by atoms with E-state index < -0.39 is 26.4 Å². The molecule has 11 nitrogen and oxygen atoms in total. The first-order valence-corrected chi connectivity index (χ1v) is 11.7. The van der Waals surface area contributed by atoms with Crippen molar-refractivity contribution in [2.24, 2.45) is 0 Å². The number of aromatic amines is 1. The van der Waals surface area contributed by atoms with E-state index in [-0.39, 0.29) is 27.8 Å². The van der Waals surface area contributed by atoms with Gasteiger partial charge < -0.3 is 20.5 Å².